The molecular formula is C27H19N3O4. The van der Waals surface area contributed by atoms with E-state index < -0.39 is 5.63 Å². The first-order valence-corrected chi connectivity index (χ1v) is 10.8. The number of nitrogens with one attached hydrogen (secondary N) is 2. The second-order valence-electron chi connectivity index (χ2n) is 8.18. The van der Waals surface area contributed by atoms with Gasteiger partial charge < -0.3 is 13.8 Å². The smallest absolute Gasteiger partial charge is 0.340 e. The number of amides is 1. The summed E-state index contributed by atoms with van der Waals surface area (Å²) in [5, 5.41) is 4.41. The van der Waals surface area contributed by atoms with Gasteiger partial charge in [0.05, 0.1) is 29.3 Å². The molecule has 34 heavy (non-hydrogen) atoms. The third-order valence-electron chi connectivity index (χ3n) is 6.05. The summed E-state index contributed by atoms with van der Waals surface area (Å²) in [5.41, 5.74) is 5.07. The quantitative estimate of drug-likeness (QED) is 0.343. The molecule has 0 spiro atoms. The Morgan fingerprint density at radius 1 is 1.00 bits per heavy atom. The van der Waals surface area contributed by atoms with Gasteiger partial charge in [-0.1, -0.05) is 42.5 Å². The first kappa shape index (κ1) is 20.0. The lowest BCUT2D eigenvalue weighted by Crippen LogP contribution is -2.21. The summed E-state index contributed by atoms with van der Waals surface area (Å²) in [6.45, 7) is 1.83. The van der Waals surface area contributed by atoms with E-state index in [1.807, 2.05) is 67.6 Å². The second kappa shape index (κ2) is 7.74. The van der Waals surface area contributed by atoms with Gasteiger partial charge in [-0.15, -0.1) is 0 Å². The van der Waals surface area contributed by atoms with E-state index in [9.17, 15) is 9.59 Å². The Labute approximate surface area is 193 Å². The fraction of sp³-hybridized carbons (Fsp3) is 0.0741. The van der Waals surface area contributed by atoms with E-state index in [1.54, 1.807) is 12.3 Å². The van der Waals surface area contributed by atoms with Crippen LogP contribution in [0.15, 0.2) is 86.6 Å². The molecular weight excluding hydrogens is 430 g/mol. The topological polar surface area (TPSA) is 101 Å². The third kappa shape index (κ3) is 3.34. The van der Waals surface area contributed by atoms with Gasteiger partial charge in [0.2, 0.25) is 11.9 Å². The average Bonchev–Trinajstić information content (AvgIpc) is 3.44. The van der Waals surface area contributed by atoms with Crippen molar-refractivity contribution in [1.29, 1.82) is 0 Å². The number of rotatable bonds is 4. The van der Waals surface area contributed by atoms with Gasteiger partial charge in [-0.25, -0.2) is 9.78 Å². The summed E-state index contributed by atoms with van der Waals surface area (Å²) in [6, 6.07) is 21.1. The van der Waals surface area contributed by atoms with E-state index in [-0.39, 0.29) is 12.3 Å². The summed E-state index contributed by atoms with van der Waals surface area (Å²) < 4.78 is 11.3. The van der Waals surface area contributed by atoms with Gasteiger partial charge >= 0.3 is 5.63 Å². The average molecular weight is 449 g/mol. The first-order valence-electron chi connectivity index (χ1n) is 10.8. The molecule has 7 nitrogen and oxygen atoms in total. The molecule has 7 heteroatoms. The van der Waals surface area contributed by atoms with Gasteiger partial charge in [0.1, 0.15) is 11.2 Å². The molecule has 3 heterocycles. The van der Waals surface area contributed by atoms with Crippen LogP contribution in [0.4, 0.5) is 5.95 Å². The number of hydrogen-bond donors (Lipinski definition) is 2. The fourth-order valence-electron chi connectivity index (χ4n) is 4.30. The normalized spacial score (nSPS) is 11.4. The van der Waals surface area contributed by atoms with Crippen molar-refractivity contribution < 1.29 is 13.6 Å². The molecule has 1 amide bonds. The second-order valence-corrected chi connectivity index (χ2v) is 8.18. The minimum Gasteiger partial charge on any atom is -0.464 e. The number of para-hydroxylation sites is 2. The summed E-state index contributed by atoms with van der Waals surface area (Å²) in [4.78, 5) is 32.9. The van der Waals surface area contributed by atoms with Gasteiger partial charge in [0.15, 0.2) is 0 Å². The number of aryl methyl sites for hydroxylation is 1. The van der Waals surface area contributed by atoms with Crippen molar-refractivity contribution in [2.24, 2.45) is 0 Å². The van der Waals surface area contributed by atoms with Crippen LogP contribution in [0.1, 0.15) is 11.1 Å². The number of hydrogen-bond acceptors (Lipinski definition) is 5. The molecule has 0 fully saturated rings. The lowest BCUT2D eigenvalue weighted by Gasteiger charge is -2.08. The highest BCUT2D eigenvalue weighted by Gasteiger charge is 2.18. The van der Waals surface area contributed by atoms with Crippen molar-refractivity contribution in [3.63, 3.8) is 0 Å². The van der Waals surface area contributed by atoms with Crippen LogP contribution in [0.3, 0.4) is 0 Å². The highest BCUT2D eigenvalue weighted by Crippen LogP contribution is 2.34. The zero-order valence-corrected chi connectivity index (χ0v) is 18.2. The number of benzene rings is 3. The van der Waals surface area contributed by atoms with Crippen LogP contribution in [0.2, 0.25) is 0 Å². The zero-order valence-electron chi connectivity index (χ0n) is 18.2. The Morgan fingerprint density at radius 2 is 1.79 bits per heavy atom. The van der Waals surface area contributed by atoms with E-state index in [1.165, 1.54) is 0 Å². The molecule has 0 saturated heterocycles. The number of H-pyrrole nitrogens is 1. The molecule has 0 bridgehead atoms. The molecule has 166 valence electrons. The van der Waals surface area contributed by atoms with Crippen LogP contribution in [-0.2, 0) is 11.2 Å². The largest absolute Gasteiger partial charge is 0.464 e. The maximum atomic E-state index is 12.7. The molecule has 3 aromatic carbocycles. The van der Waals surface area contributed by atoms with E-state index >= 15 is 0 Å². The number of aromatic amines is 1. The molecule has 6 rings (SSSR count). The highest BCUT2D eigenvalue weighted by atomic mass is 16.4. The van der Waals surface area contributed by atoms with Gasteiger partial charge in [0.25, 0.3) is 0 Å². The lowest BCUT2D eigenvalue weighted by molar-refractivity contribution is -0.115. The van der Waals surface area contributed by atoms with E-state index in [0.29, 0.717) is 28.2 Å². The van der Waals surface area contributed by atoms with Crippen LogP contribution < -0.4 is 10.9 Å². The molecule has 0 atom stereocenters. The maximum absolute atomic E-state index is 12.7. The zero-order chi connectivity index (χ0) is 23.2. The third-order valence-corrected chi connectivity index (χ3v) is 6.05. The number of carbonyl (C=O) groups is 1. The minimum absolute atomic E-state index is 0.129. The summed E-state index contributed by atoms with van der Waals surface area (Å²) in [5.74, 6) is -0.0233. The summed E-state index contributed by atoms with van der Waals surface area (Å²) >= 11 is 0. The van der Waals surface area contributed by atoms with Gasteiger partial charge in [-0.05, 0) is 36.2 Å². The monoisotopic (exact) mass is 449 g/mol. The summed E-state index contributed by atoms with van der Waals surface area (Å²) in [7, 11) is 0. The minimum atomic E-state index is -0.543. The molecule has 0 unspecified atom stereocenters. The summed E-state index contributed by atoms with van der Waals surface area (Å²) in [6.07, 6.45) is 1.57. The van der Waals surface area contributed by atoms with Crippen LogP contribution in [0, 0.1) is 6.92 Å². The Kier molecular flexibility index (Phi) is 4.55. The number of carbonyl (C=O) groups excluding carboxylic acids is 1. The Hall–Kier alpha value is -4.65. The van der Waals surface area contributed by atoms with Crippen molar-refractivity contribution in [3.8, 4) is 11.1 Å². The molecule has 0 aliphatic carbocycles. The lowest BCUT2D eigenvalue weighted by atomic mass is 9.99. The molecule has 0 aliphatic heterocycles. The van der Waals surface area contributed by atoms with E-state index in [0.717, 1.165) is 32.9 Å². The predicted molar refractivity (Wildman–Crippen MR) is 131 cm³/mol. The maximum Gasteiger partial charge on any atom is 0.340 e. The standard InChI is InChI=1S/C27H19N3O4/c1-15-17-11-19-20(16-7-3-2-4-8-16)14-33-23(19)13-24(17)34-26(32)18(15)12-25(31)30-27-28-21-9-5-6-10-22(21)29-27/h2-11,13-14H,12H2,1H3,(H2,28,29,30,31). The van der Waals surface area contributed by atoms with E-state index in [2.05, 4.69) is 15.3 Å². The Bertz CT molecular complexity index is 1730. The van der Waals surface area contributed by atoms with Crippen LogP contribution >= 0.6 is 0 Å². The SMILES string of the molecule is Cc1c(CC(=O)Nc2nc3ccccc3[nH]2)c(=O)oc2cc3occ(-c4ccccc4)c3cc12. The number of fused-ring (bicyclic) bond motifs is 3. The fourth-order valence-corrected chi connectivity index (χ4v) is 4.30. The van der Waals surface area contributed by atoms with Crippen LogP contribution in [0.25, 0.3) is 44.1 Å². The van der Waals surface area contributed by atoms with Gasteiger partial charge in [-0.3, -0.25) is 10.1 Å². The highest BCUT2D eigenvalue weighted by molar-refractivity contribution is 6.02. The van der Waals surface area contributed by atoms with Crippen molar-refractivity contribution in [3.05, 3.63) is 94.5 Å². The van der Waals surface area contributed by atoms with Crippen LogP contribution in [0.5, 0.6) is 0 Å². The first-order chi connectivity index (χ1) is 16.6. The van der Waals surface area contributed by atoms with E-state index in [4.69, 9.17) is 8.83 Å². The predicted octanol–water partition coefficient (Wildman–Crippen LogP) is 5.57. The Morgan fingerprint density at radius 3 is 2.62 bits per heavy atom. The van der Waals surface area contributed by atoms with Gasteiger partial charge in [0, 0.05) is 22.4 Å². The number of nitrogens with zero attached hydrogens (tertiary/aromatic N) is 1. The van der Waals surface area contributed by atoms with Gasteiger partial charge in [-0.2, -0.15) is 0 Å². The van der Waals surface area contributed by atoms with Crippen molar-refractivity contribution >= 4 is 44.8 Å². The molecule has 2 N–H and O–H groups in total. The molecule has 6 aromatic rings. The Balaban J connectivity index is 1.37. The number of furan rings is 1. The number of anilines is 1. The number of imidazole rings is 1. The number of aromatic nitrogens is 2. The molecule has 0 saturated carbocycles. The van der Waals surface area contributed by atoms with Crippen LogP contribution in [-0.4, -0.2) is 15.9 Å². The van der Waals surface area contributed by atoms with Crippen molar-refractivity contribution in [2.45, 2.75) is 13.3 Å². The van der Waals surface area contributed by atoms with Crippen molar-refractivity contribution in [1.82, 2.24) is 9.97 Å². The molecule has 0 aliphatic rings. The van der Waals surface area contributed by atoms with Crippen molar-refractivity contribution in [2.75, 3.05) is 5.32 Å². The molecule has 3 aromatic heterocycles. The molecule has 0 radical (unpaired) electrons.